The Balaban J connectivity index is -0.0000000357. The second-order valence-electron chi connectivity index (χ2n) is 6.36. The molecule has 0 aliphatic rings. The summed E-state index contributed by atoms with van der Waals surface area (Å²) in [7, 11) is -24.4. The maximum Gasteiger partial charge on any atom is 3.00 e. The normalized spacial score (nSPS) is 10.2. The first kappa shape index (κ1) is 91.9. The van der Waals surface area contributed by atoms with Gasteiger partial charge >= 0.3 is 55.6 Å². The number of nitrogens with zero attached hydrogens (tertiary/aromatic N) is 2. The van der Waals surface area contributed by atoms with Gasteiger partial charge in [0.2, 0.25) is 0 Å². The van der Waals surface area contributed by atoms with Gasteiger partial charge in [0.15, 0.2) is 40.5 Å². The van der Waals surface area contributed by atoms with E-state index in [1.807, 2.05) is 0 Å². The fourth-order valence-corrected chi connectivity index (χ4v) is 0. The van der Waals surface area contributed by atoms with Gasteiger partial charge in [-0.15, -0.1) is 0 Å². The number of rotatable bonds is 4. The monoisotopic (exact) mass is 1070 g/mol. The summed E-state index contributed by atoms with van der Waals surface area (Å²) in [5, 5.41) is 28.6. The third-order valence-electron chi connectivity index (χ3n) is 1.80. The topological polar surface area (TPSA) is 531 Å². The van der Waals surface area contributed by atoms with Crippen LogP contribution < -0.4 is 56.4 Å². The minimum absolute atomic E-state index is 0. The first-order valence-electron chi connectivity index (χ1n) is 12.0. The van der Waals surface area contributed by atoms with Crippen molar-refractivity contribution in [3.63, 3.8) is 0 Å². The molecule has 0 fully saturated rings. The third-order valence-corrected chi connectivity index (χ3v) is 4.07. The van der Waals surface area contributed by atoms with Gasteiger partial charge in [0.05, 0.1) is 12.1 Å². The maximum atomic E-state index is 10.7. The molecule has 0 amide bonds. The van der Waals surface area contributed by atoms with Crippen molar-refractivity contribution in [1.29, 1.82) is 10.5 Å². The van der Waals surface area contributed by atoms with Crippen LogP contribution in [0.1, 0.15) is 13.8 Å². The van der Waals surface area contributed by atoms with E-state index in [9.17, 15) is 52.7 Å². The zero-order valence-electron chi connectivity index (χ0n) is 28.7. The molecule has 0 heterocycles. The summed E-state index contributed by atoms with van der Waals surface area (Å²) in [4.78, 5) is 0. The summed E-state index contributed by atoms with van der Waals surface area (Å²) < 4.78 is 236. The van der Waals surface area contributed by atoms with E-state index in [-0.39, 0.29) is 33.6 Å². The van der Waals surface area contributed by atoms with Crippen molar-refractivity contribution in [3.8, 4) is 12.1 Å². The maximum absolute atomic E-state index is 10.7. The minimum Gasteiger partial charge on any atom is -1.00 e. The summed E-state index contributed by atoms with van der Waals surface area (Å²) in [6.07, 6.45) is 0. The van der Waals surface area contributed by atoms with Gasteiger partial charge < -0.3 is 74.6 Å². The largest absolute Gasteiger partial charge is 3.00 e. The Hall–Kier alpha value is -1.61. The Kier molecular flexibility index (Phi) is 81.7. The van der Waals surface area contributed by atoms with E-state index in [1.54, 1.807) is 12.1 Å². The smallest absolute Gasteiger partial charge is 1.00 e. The number of nitriles is 2. The Morgan fingerprint density at radius 3 is 0.414 bits per heavy atom. The van der Waals surface area contributed by atoms with E-state index < -0.39 is 62.5 Å². The SMILES string of the molecule is CC#N.CC#N.NCCN.NCCN.NCCN.NCCN.O=S(=O)([O-])C(F)(F)F.O=S(=O)([O-])C(F)(F)F.O=S(=O)([O-])C(F)(F)F.O=S(=O)([O-])C(F)(F)F.[Co+3].[Co+3].[O-][O-]. The molecule has 0 aliphatic heterocycles. The fraction of sp³-hybridized carbons (Fsp3) is 0.875. The summed E-state index contributed by atoms with van der Waals surface area (Å²) in [6, 6.07) is 3.50. The first-order chi connectivity index (χ1) is 24.5. The molecule has 0 radical (unpaired) electrons. The molecule has 0 spiro atoms. The molecule has 0 saturated carbocycles. The molecular weight excluding hydrogens is 1030 g/mol. The molecule has 0 aromatic heterocycles. The number of hydrogen-bond donors (Lipinski definition) is 8. The molecule has 362 valence electrons. The van der Waals surface area contributed by atoms with Gasteiger partial charge in [-0.05, 0) is 0 Å². The van der Waals surface area contributed by atoms with Crippen molar-refractivity contribution in [2.24, 2.45) is 45.9 Å². The van der Waals surface area contributed by atoms with Gasteiger partial charge in [-0.1, -0.05) is 0 Å². The molecule has 0 aromatic carbocycles. The third kappa shape index (κ3) is 105. The van der Waals surface area contributed by atoms with E-state index in [0.29, 0.717) is 52.4 Å². The molecule has 0 aliphatic carbocycles. The Morgan fingerprint density at radius 2 is 0.414 bits per heavy atom. The number of alkyl halides is 12. The van der Waals surface area contributed by atoms with E-state index in [4.69, 9.17) is 119 Å². The Morgan fingerprint density at radius 1 is 0.379 bits per heavy atom. The second-order valence-corrected chi connectivity index (χ2v) is 11.8. The minimum atomic E-state index is -6.09. The van der Waals surface area contributed by atoms with Crippen LogP contribution in [0, 0.1) is 22.7 Å². The molecule has 0 saturated heterocycles. The molecular formula is C16H38Co2F12N10O14S4. The van der Waals surface area contributed by atoms with Crippen molar-refractivity contribution in [3.05, 3.63) is 0 Å². The van der Waals surface area contributed by atoms with Gasteiger partial charge in [-0.25, -0.2) is 33.7 Å². The van der Waals surface area contributed by atoms with Crippen LogP contribution >= 0.6 is 0 Å². The van der Waals surface area contributed by atoms with Crippen LogP contribution in [0.15, 0.2) is 0 Å². The number of nitrogens with two attached hydrogens (primary N) is 8. The molecule has 0 rings (SSSR count). The molecule has 0 unspecified atom stereocenters. The van der Waals surface area contributed by atoms with Gasteiger partial charge in [0.1, 0.15) is 0 Å². The zero-order valence-corrected chi connectivity index (χ0v) is 34.1. The number of halogens is 12. The van der Waals surface area contributed by atoms with E-state index >= 15 is 0 Å². The van der Waals surface area contributed by atoms with Crippen LogP contribution in [0.25, 0.3) is 0 Å². The summed E-state index contributed by atoms with van der Waals surface area (Å²) in [5.74, 6) is 0. The Bertz CT molecular complexity index is 1160. The van der Waals surface area contributed by atoms with Crippen molar-refractivity contribution >= 4 is 40.5 Å². The Labute approximate surface area is 344 Å². The van der Waals surface area contributed by atoms with Gasteiger partial charge in [-0.3, -0.25) is 0 Å². The first-order valence-corrected chi connectivity index (χ1v) is 17.6. The molecule has 16 N–H and O–H groups in total. The van der Waals surface area contributed by atoms with Crippen LogP contribution in [0.4, 0.5) is 52.7 Å². The molecule has 58 heavy (non-hydrogen) atoms. The predicted octanol–water partition coefficient (Wildman–Crippen LogP) is -5.50. The average molecular weight is 1070 g/mol. The van der Waals surface area contributed by atoms with Gasteiger partial charge in [0.25, 0.3) is 0 Å². The number of hydrogen-bond acceptors (Lipinski definition) is 24. The van der Waals surface area contributed by atoms with Crippen LogP contribution in [-0.4, -0.2) is 126 Å². The van der Waals surface area contributed by atoms with E-state index in [2.05, 4.69) is 0 Å². The standard InChI is InChI=1S/4C2H8N2.2C2H3N.4CHF3O3S.2Co.O2/c4*3-1-2-4;2*1-2-3;4*2-1(3,4)8(5,6)7;;;1-2/h4*1-4H2;2*1H3;4*(H,5,6,7);;;/q;;;;;;;;;;2*+3;-2/p-4. The average Bonchev–Trinajstić information content (AvgIpc) is 3.00. The van der Waals surface area contributed by atoms with Crippen LogP contribution in [0.2, 0.25) is 0 Å². The fourth-order valence-electron chi connectivity index (χ4n) is 0. The van der Waals surface area contributed by atoms with Crippen molar-refractivity contribution < 1.29 is 149 Å². The molecule has 42 heteroatoms. The van der Waals surface area contributed by atoms with Gasteiger partial charge in [0, 0.05) is 66.2 Å². The second kappa shape index (κ2) is 51.5. The quantitative estimate of drug-likeness (QED) is 0.0428. The predicted molar refractivity (Wildman–Crippen MR) is 158 cm³/mol. The van der Waals surface area contributed by atoms with E-state index in [1.165, 1.54) is 13.8 Å². The van der Waals surface area contributed by atoms with Gasteiger partial charge in [-0.2, -0.15) is 63.2 Å². The summed E-state index contributed by atoms with van der Waals surface area (Å²) >= 11 is 0. The van der Waals surface area contributed by atoms with Crippen LogP contribution in [-0.2, 0) is 74.0 Å². The van der Waals surface area contributed by atoms with Crippen molar-refractivity contribution in [2.75, 3.05) is 52.4 Å². The van der Waals surface area contributed by atoms with Crippen molar-refractivity contribution in [2.45, 2.75) is 35.9 Å². The van der Waals surface area contributed by atoms with Crippen molar-refractivity contribution in [1.82, 2.24) is 0 Å². The van der Waals surface area contributed by atoms with E-state index in [0.717, 1.165) is 0 Å². The summed E-state index contributed by atoms with van der Waals surface area (Å²) in [6.45, 7) is 7.64. The summed E-state index contributed by atoms with van der Waals surface area (Å²) in [5.41, 5.74) is 16.6. The molecule has 24 nitrogen and oxygen atoms in total. The molecule has 0 bridgehead atoms. The van der Waals surface area contributed by atoms with Crippen LogP contribution in [0.3, 0.4) is 0 Å². The van der Waals surface area contributed by atoms with Crippen LogP contribution in [0.5, 0.6) is 0 Å². The molecule has 0 atom stereocenters. The molecule has 0 aromatic rings. The zero-order chi connectivity index (χ0) is 49.1.